The van der Waals surface area contributed by atoms with Crippen LogP contribution in [-0.2, 0) is 0 Å². The van der Waals surface area contributed by atoms with Crippen LogP contribution in [0.2, 0.25) is 0 Å². The molecule has 0 unspecified atom stereocenters. The molecule has 0 spiro atoms. The maximum atomic E-state index is 11.2. The first-order valence-electron chi connectivity index (χ1n) is 10.0. The van der Waals surface area contributed by atoms with Crippen LogP contribution >= 0.6 is 0 Å². The van der Waals surface area contributed by atoms with Gasteiger partial charge in [-0.3, -0.25) is 4.79 Å². The molecule has 0 saturated carbocycles. The SMILES string of the molecule is Cc1cc(N2CC=C(c3ccc(C(N)=O)cc3)CC2)ccc1N1CCNCC1. The standard InChI is InChI=1S/C23H28N4O/c1-17-16-21(6-7-22(17)27-14-10-25-11-15-27)26-12-8-19(9-13-26)18-2-4-20(5-3-18)23(24)28/h2-8,16,25H,9-15H2,1H3,(H2,24,28). The third-order valence-corrected chi connectivity index (χ3v) is 5.75. The third kappa shape index (κ3) is 3.90. The van der Waals surface area contributed by atoms with Crippen LogP contribution in [0.15, 0.2) is 48.5 Å². The first-order chi connectivity index (χ1) is 13.6. The van der Waals surface area contributed by atoms with Crippen molar-refractivity contribution in [3.05, 3.63) is 65.2 Å². The Labute approximate surface area is 166 Å². The number of rotatable bonds is 4. The Bertz CT molecular complexity index is 882. The van der Waals surface area contributed by atoms with Gasteiger partial charge in [-0.05, 0) is 60.4 Å². The molecule has 1 fully saturated rings. The van der Waals surface area contributed by atoms with Crippen molar-refractivity contribution in [2.24, 2.45) is 5.73 Å². The quantitative estimate of drug-likeness (QED) is 0.861. The maximum absolute atomic E-state index is 11.2. The number of anilines is 2. The number of nitrogens with two attached hydrogens (primary N) is 1. The highest BCUT2D eigenvalue weighted by Crippen LogP contribution is 2.29. The zero-order chi connectivity index (χ0) is 19.5. The molecule has 2 aromatic carbocycles. The van der Waals surface area contributed by atoms with E-state index in [-0.39, 0.29) is 5.91 Å². The van der Waals surface area contributed by atoms with E-state index in [1.807, 2.05) is 24.3 Å². The minimum Gasteiger partial charge on any atom is -0.369 e. The van der Waals surface area contributed by atoms with Gasteiger partial charge in [0.1, 0.15) is 0 Å². The topological polar surface area (TPSA) is 61.6 Å². The molecule has 1 amide bonds. The van der Waals surface area contributed by atoms with Crippen molar-refractivity contribution in [3.8, 4) is 0 Å². The fourth-order valence-electron chi connectivity index (χ4n) is 4.11. The monoisotopic (exact) mass is 376 g/mol. The van der Waals surface area contributed by atoms with E-state index in [0.29, 0.717) is 5.56 Å². The second kappa shape index (κ2) is 8.07. The van der Waals surface area contributed by atoms with E-state index in [4.69, 9.17) is 5.73 Å². The van der Waals surface area contributed by atoms with Gasteiger partial charge in [-0.2, -0.15) is 0 Å². The molecular weight excluding hydrogens is 348 g/mol. The first-order valence-corrected chi connectivity index (χ1v) is 10.0. The van der Waals surface area contributed by atoms with Crippen molar-refractivity contribution in [2.75, 3.05) is 49.1 Å². The summed E-state index contributed by atoms with van der Waals surface area (Å²) in [6, 6.07) is 14.5. The van der Waals surface area contributed by atoms with Gasteiger partial charge in [0.2, 0.25) is 5.91 Å². The summed E-state index contributed by atoms with van der Waals surface area (Å²) in [5.41, 5.74) is 12.4. The largest absolute Gasteiger partial charge is 0.369 e. The molecule has 3 N–H and O–H groups in total. The molecule has 0 bridgehead atoms. The van der Waals surface area contributed by atoms with Crippen molar-refractivity contribution >= 4 is 22.9 Å². The number of primary amides is 1. The summed E-state index contributed by atoms with van der Waals surface area (Å²) < 4.78 is 0. The van der Waals surface area contributed by atoms with Crippen molar-refractivity contribution < 1.29 is 4.79 Å². The van der Waals surface area contributed by atoms with Crippen molar-refractivity contribution in [1.82, 2.24) is 5.32 Å². The molecule has 4 rings (SSSR count). The normalized spacial score (nSPS) is 17.4. The van der Waals surface area contributed by atoms with E-state index < -0.39 is 0 Å². The fourth-order valence-corrected chi connectivity index (χ4v) is 4.11. The average molecular weight is 377 g/mol. The van der Waals surface area contributed by atoms with Gasteiger partial charge in [0.25, 0.3) is 0 Å². The molecule has 0 atom stereocenters. The molecule has 2 heterocycles. The van der Waals surface area contributed by atoms with E-state index in [9.17, 15) is 4.79 Å². The van der Waals surface area contributed by atoms with E-state index in [1.54, 1.807) is 0 Å². The average Bonchev–Trinajstić information content (AvgIpc) is 2.74. The molecule has 5 heteroatoms. The number of nitrogens with zero attached hydrogens (tertiary/aromatic N) is 2. The number of hydrogen-bond donors (Lipinski definition) is 2. The Kier molecular flexibility index (Phi) is 5.35. The molecule has 0 radical (unpaired) electrons. The van der Waals surface area contributed by atoms with E-state index >= 15 is 0 Å². The highest BCUT2D eigenvalue weighted by atomic mass is 16.1. The van der Waals surface area contributed by atoms with Crippen molar-refractivity contribution in [2.45, 2.75) is 13.3 Å². The molecular formula is C23H28N4O. The summed E-state index contributed by atoms with van der Waals surface area (Å²) in [5, 5.41) is 3.41. The predicted molar refractivity (Wildman–Crippen MR) is 116 cm³/mol. The number of amides is 1. The molecule has 146 valence electrons. The van der Waals surface area contributed by atoms with Crippen LogP contribution in [0.25, 0.3) is 5.57 Å². The lowest BCUT2D eigenvalue weighted by Gasteiger charge is -2.33. The van der Waals surface area contributed by atoms with Crippen LogP contribution in [0.4, 0.5) is 11.4 Å². The fraction of sp³-hybridized carbons (Fsp3) is 0.348. The Morgan fingerprint density at radius 2 is 1.75 bits per heavy atom. The number of nitrogens with one attached hydrogen (secondary N) is 1. The van der Waals surface area contributed by atoms with Crippen LogP contribution < -0.4 is 20.9 Å². The van der Waals surface area contributed by atoms with Gasteiger partial charge in [0.15, 0.2) is 0 Å². The minimum atomic E-state index is -0.380. The lowest BCUT2D eigenvalue weighted by Crippen LogP contribution is -2.43. The molecule has 1 saturated heterocycles. The van der Waals surface area contributed by atoms with E-state index in [0.717, 1.165) is 45.7 Å². The maximum Gasteiger partial charge on any atom is 0.248 e. The molecule has 0 aliphatic carbocycles. The second-order valence-electron chi connectivity index (χ2n) is 7.57. The Morgan fingerprint density at radius 1 is 1.00 bits per heavy atom. The van der Waals surface area contributed by atoms with Gasteiger partial charge in [-0.15, -0.1) is 0 Å². The Hall–Kier alpha value is -2.79. The number of benzene rings is 2. The van der Waals surface area contributed by atoms with Gasteiger partial charge in [-0.1, -0.05) is 18.2 Å². The number of carbonyl (C=O) groups is 1. The Morgan fingerprint density at radius 3 is 2.36 bits per heavy atom. The first kappa shape index (κ1) is 18.6. The molecule has 2 aromatic rings. The molecule has 28 heavy (non-hydrogen) atoms. The number of piperazine rings is 1. The summed E-state index contributed by atoms with van der Waals surface area (Å²) in [7, 11) is 0. The summed E-state index contributed by atoms with van der Waals surface area (Å²) in [5.74, 6) is -0.380. The molecule has 0 aromatic heterocycles. The van der Waals surface area contributed by atoms with Crippen LogP contribution in [0.5, 0.6) is 0 Å². The summed E-state index contributed by atoms with van der Waals surface area (Å²) >= 11 is 0. The number of hydrogen-bond acceptors (Lipinski definition) is 4. The number of carbonyl (C=O) groups excluding carboxylic acids is 1. The molecule has 2 aliphatic heterocycles. The highest BCUT2D eigenvalue weighted by molar-refractivity contribution is 5.93. The lowest BCUT2D eigenvalue weighted by molar-refractivity contribution is 0.100. The lowest BCUT2D eigenvalue weighted by atomic mass is 9.98. The second-order valence-corrected chi connectivity index (χ2v) is 7.57. The molecule has 5 nitrogen and oxygen atoms in total. The number of aryl methyl sites for hydroxylation is 1. The van der Waals surface area contributed by atoms with Crippen LogP contribution in [0.1, 0.15) is 27.9 Å². The third-order valence-electron chi connectivity index (χ3n) is 5.75. The van der Waals surface area contributed by atoms with Crippen molar-refractivity contribution in [3.63, 3.8) is 0 Å². The zero-order valence-electron chi connectivity index (χ0n) is 16.4. The van der Waals surface area contributed by atoms with Crippen LogP contribution in [-0.4, -0.2) is 45.2 Å². The van der Waals surface area contributed by atoms with E-state index in [2.05, 4.69) is 46.3 Å². The van der Waals surface area contributed by atoms with Gasteiger partial charge in [-0.25, -0.2) is 0 Å². The smallest absolute Gasteiger partial charge is 0.248 e. The summed E-state index contributed by atoms with van der Waals surface area (Å²) in [6.07, 6.45) is 3.29. The van der Waals surface area contributed by atoms with Crippen LogP contribution in [0.3, 0.4) is 0 Å². The van der Waals surface area contributed by atoms with E-state index in [1.165, 1.54) is 28.1 Å². The zero-order valence-corrected chi connectivity index (χ0v) is 16.4. The summed E-state index contributed by atoms with van der Waals surface area (Å²) in [6.45, 7) is 8.37. The van der Waals surface area contributed by atoms with Gasteiger partial charge in [0, 0.05) is 56.2 Å². The summed E-state index contributed by atoms with van der Waals surface area (Å²) in [4.78, 5) is 16.1. The Balaban J connectivity index is 1.45. The van der Waals surface area contributed by atoms with Crippen LogP contribution in [0, 0.1) is 6.92 Å². The highest BCUT2D eigenvalue weighted by Gasteiger charge is 2.17. The van der Waals surface area contributed by atoms with Gasteiger partial charge < -0.3 is 20.9 Å². The van der Waals surface area contributed by atoms with Crippen molar-refractivity contribution in [1.29, 1.82) is 0 Å². The minimum absolute atomic E-state index is 0.380. The predicted octanol–water partition coefficient (Wildman–Crippen LogP) is 2.80. The van der Waals surface area contributed by atoms with Gasteiger partial charge in [0.05, 0.1) is 0 Å². The van der Waals surface area contributed by atoms with Gasteiger partial charge >= 0.3 is 0 Å². The molecule has 2 aliphatic rings.